The van der Waals surface area contributed by atoms with Crippen LogP contribution in [0.1, 0.15) is 21.5 Å². The van der Waals surface area contributed by atoms with E-state index in [0.717, 1.165) is 16.5 Å². The molecule has 3 aromatic rings. The fourth-order valence-electron chi connectivity index (χ4n) is 2.89. The molecule has 10 heteroatoms. The van der Waals surface area contributed by atoms with Crippen LogP contribution in [0.5, 0.6) is 0 Å². The summed E-state index contributed by atoms with van der Waals surface area (Å²) in [5.41, 5.74) is 2.31. The number of benzene rings is 3. The summed E-state index contributed by atoms with van der Waals surface area (Å²) in [4.78, 5) is 12.3. The standard InChI is InChI=1S/C23H23N3O5S2/c24-33(30,31)22-12-6-19(7-13-22)14-16-25-23(27)20-8-10-21(11-9-20)26-32(28,29)17-15-18-4-2-1-3-5-18/h1-13,15,17,26H,14,16H2,(H,25,27)(H2,24,30,31)/b17-15+. The third-order valence-electron chi connectivity index (χ3n) is 4.60. The molecule has 1 amide bonds. The van der Waals surface area contributed by atoms with Crippen molar-refractivity contribution >= 4 is 37.7 Å². The van der Waals surface area contributed by atoms with Gasteiger partial charge in [-0.1, -0.05) is 42.5 Å². The second kappa shape index (κ2) is 10.4. The third kappa shape index (κ3) is 7.56. The van der Waals surface area contributed by atoms with Crippen molar-refractivity contribution in [3.63, 3.8) is 0 Å². The number of hydrogen-bond acceptors (Lipinski definition) is 5. The lowest BCUT2D eigenvalue weighted by atomic mass is 10.1. The normalized spacial score (nSPS) is 11.9. The molecule has 0 bridgehead atoms. The van der Waals surface area contributed by atoms with E-state index in [1.54, 1.807) is 24.3 Å². The van der Waals surface area contributed by atoms with Gasteiger partial charge in [0.15, 0.2) is 0 Å². The van der Waals surface area contributed by atoms with Crippen LogP contribution in [-0.4, -0.2) is 29.3 Å². The summed E-state index contributed by atoms with van der Waals surface area (Å²) in [6.07, 6.45) is 1.99. The molecule has 0 aliphatic carbocycles. The van der Waals surface area contributed by atoms with E-state index in [9.17, 15) is 21.6 Å². The first-order valence-corrected chi connectivity index (χ1v) is 13.0. The molecular formula is C23H23N3O5S2. The highest BCUT2D eigenvalue weighted by molar-refractivity contribution is 7.95. The summed E-state index contributed by atoms with van der Waals surface area (Å²) in [6, 6.07) is 21.2. The Morgan fingerprint density at radius 3 is 2.09 bits per heavy atom. The molecule has 33 heavy (non-hydrogen) atoms. The zero-order valence-corrected chi connectivity index (χ0v) is 19.1. The van der Waals surface area contributed by atoms with Crippen molar-refractivity contribution in [2.24, 2.45) is 5.14 Å². The van der Waals surface area contributed by atoms with Crippen LogP contribution in [-0.2, 0) is 26.5 Å². The Morgan fingerprint density at radius 2 is 1.48 bits per heavy atom. The Hall–Kier alpha value is -3.47. The van der Waals surface area contributed by atoms with E-state index in [-0.39, 0.29) is 10.8 Å². The van der Waals surface area contributed by atoms with Gasteiger partial charge < -0.3 is 5.32 Å². The maximum absolute atomic E-state index is 12.3. The van der Waals surface area contributed by atoms with E-state index in [1.807, 2.05) is 18.2 Å². The first-order chi connectivity index (χ1) is 15.6. The number of nitrogens with two attached hydrogens (primary N) is 1. The molecule has 4 N–H and O–H groups in total. The third-order valence-corrected chi connectivity index (χ3v) is 6.54. The highest BCUT2D eigenvalue weighted by atomic mass is 32.2. The van der Waals surface area contributed by atoms with Crippen LogP contribution in [0, 0.1) is 0 Å². The van der Waals surface area contributed by atoms with Crippen LogP contribution >= 0.6 is 0 Å². The lowest BCUT2D eigenvalue weighted by Gasteiger charge is -2.08. The van der Waals surface area contributed by atoms with Crippen molar-refractivity contribution < 1.29 is 21.6 Å². The molecule has 0 heterocycles. The lowest BCUT2D eigenvalue weighted by molar-refractivity contribution is 0.0954. The SMILES string of the molecule is NS(=O)(=O)c1ccc(CCNC(=O)c2ccc(NS(=O)(=O)/C=C/c3ccccc3)cc2)cc1. The number of rotatable bonds is 9. The molecule has 3 aromatic carbocycles. The van der Waals surface area contributed by atoms with Crippen molar-refractivity contribution in [1.82, 2.24) is 5.32 Å². The van der Waals surface area contributed by atoms with E-state index in [2.05, 4.69) is 10.0 Å². The Bertz CT molecular complexity index is 1340. The molecule has 0 spiro atoms. The minimum Gasteiger partial charge on any atom is -0.352 e. The summed E-state index contributed by atoms with van der Waals surface area (Å²) in [5.74, 6) is -0.311. The van der Waals surface area contributed by atoms with Gasteiger partial charge in [-0.05, 0) is 60.0 Å². The molecule has 0 fully saturated rings. The van der Waals surface area contributed by atoms with Gasteiger partial charge >= 0.3 is 0 Å². The molecular weight excluding hydrogens is 462 g/mol. The van der Waals surface area contributed by atoms with Crippen LogP contribution in [0.2, 0.25) is 0 Å². The summed E-state index contributed by atoms with van der Waals surface area (Å²) < 4.78 is 49.4. The van der Waals surface area contributed by atoms with Crippen LogP contribution in [0.25, 0.3) is 6.08 Å². The highest BCUT2D eigenvalue weighted by Gasteiger charge is 2.09. The second-order valence-corrected chi connectivity index (χ2v) is 10.3. The van der Waals surface area contributed by atoms with Gasteiger partial charge in [-0.15, -0.1) is 0 Å². The average Bonchev–Trinajstić information content (AvgIpc) is 2.78. The molecule has 0 saturated heterocycles. The lowest BCUT2D eigenvalue weighted by Crippen LogP contribution is -2.25. The number of anilines is 1. The van der Waals surface area contributed by atoms with Gasteiger partial charge in [0.1, 0.15) is 0 Å². The van der Waals surface area contributed by atoms with Crippen LogP contribution in [0.3, 0.4) is 0 Å². The Kier molecular flexibility index (Phi) is 7.64. The van der Waals surface area contributed by atoms with Crippen molar-refractivity contribution in [3.05, 3.63) is 101 Å². The molecule has 3 rings (SSSR count). The van der Waals surface area contributed by atoms with Gasteiger partial charge in [-0.25, -0.2) is 22.0 Å². The van der Waals surface area contributed by atoms with E-state index in [1.165, 1.54) is 42.5 Å². The second-order valence-electron chi connectivity index (χ2n) is 7.13. The molecule has 8 nitrogen and oxygen atoms in total. The first-order valence-electron chi connectivity index (χ1n) is 9.88. The van der Waals surface area contributed by atoms with Gasteiger partial charge in [0, 0.05) is 17.8 Å². The van der Waals surface area contributed by atoms with Crippen molar-refractivity contribution in [2.75, 3.05) is 11.3 Å². The van der Waals surface area contributed by atoms with Gasteiger partial charge in [0.05, 0.1) is 10.3 Å². The van der Waals surface area contributed by atoms with Crippen molar-refractivity contribution in [3.8, 4) is 0 Å². The number of nitrogens with one attached hydrogen (secondary N) is 2. The number of primary sulfonamides is 1. The molecule has 0 aliphatic rings. The van der Waals surface area contributed by atoms with Gasteiger partial charge in [0.2, 0.25) is 10.0 Å². The Balaban J connectivity index is 1.52. The minimum atomic E-state index is -3.74. The number of hydrogen-bond donors (Lipinski definition) is 3. The maximum atomic E-state index is 12.3. The monoisotopic (exact) mass is 485 g/mol. The van der Waals surface area contributed by atoms with Crippen molar-refractivity contribution in [2.45, 2.75) is 11.3 Å². The summed E-state index contributed by atoms with van der Waals surface area (Å²) >= 11 is 0. The number of carbonyl (C=O) groups is 1. The summed E-state index contributed by atoms with van der Waals surface area (Å²) in [6.45, 7) is 0.340. The smallest absolute Gasteiger partial charge is 0.255 e. The average molecular weight is 486 g/mol. The fraction of sp³-hybridized carbons (Fsp3) is 0.0870. The number of sulfonamides is 2. The molecule has 172 valence electrons. The van der Waals surface area contributed by atoms with Crippen LogP contribution in [0.15, 0.2) is 89.2 Å². The van der Waals surface area contributed by atoms with Crippen LogP contribution < -0.4 is 15.2 Å². The Labute approximate surface area is 193 Å². The topological polar surface area (TPSA) is 135 Å². The summed E-state index contributed by atoms with van der Waals surface area (Å²) in [7, 11) is -7.44. The van der Waals surface area contributed by atoms with Crippen LogP contribution in [0.4, 0.5) is 5.69 Å². The quantitative estimate of drug-likeness (QED) is 0.428. The molecule has 0 saturated carbocycles. The summed E-state index contributed by atoms with van der Waals surface area (Å²) in [5, 5.41) is 8.92. The predicted molar refractivity (Wildman–Crippen MR) is 128 cm³/mol. The van der Waals surface area contributed by atoms with Gasteiger partial charge in [-0.3, -0.25) is 9.52 Å². The number of amides is 1. The molecule has 0 unspecified atom stereocenters. The molecule has 0 aliphatic heterocycles. The Morgan fingerprint density at radius 1 is 0.848 bits per heavy atom. The van der Waals surface area contributed by atoms with Gasteiger partial charge in [0.25, 0.3) is 15.9 Å². The van der Waals surface area contributed by atoms with E-state index in [0.29, 0.717) is 24.2 Å². The molecule has 0 atom stereocenters. The number of carbonyl (C=O) groups excluding carboxylic acids is 1. The fourth-order valence-corrected chi connectivity index (χ4v) is 4.27. The van der Waals surface area contributed by atoms with E-state index >= 15 is 0 Å². The van der Waals surface area contributed by atoms with Gasteiger partial charge in [-0.2, -0.15) is 0 Å². The predicted octanol–water partition coefficient (Wildman–Crippen LogP) is 2.72. The van der Waals surface area contributed by atoms with E-state index in [4.69, 9.17) is 5.14 Å². The zero-order valence-electron chi connectivity index (χ0n) is 17.5. The minimum absolute atomic E-state index is 0.0292. The zero-order chi connectivity index (χ0) is 23.9. The highest BCUT2D eigenvalue weighted by Crippen LogP contribution is 2.13. The first kappa shape index (κ1) is 24.2. The largest absolute Gasteiger partial charge is 0.352 e. The molecule has 0 radical (unpaired) electrons. The molecule has 0 aromatic heterocycles. The maximum Gasteiger partial charge on any atom is 0.255 e. The van der Waals surface area contributed by atoms with Crippen molar-refractivity contribution in [1.29, 1.82) is 0 Å². The van der Waals surface area contributed by atoms with E-state index < -0.39 is 20.0 Å².